The van der Waals surface area contributed by atoms with Gasteiger partial charge in [-0.1, -0.05) is 23.2 Å². The fourth-order valence-electron chi connectivity index (χ4n) is 1.65. The summed E-state index contributed by atoms with van der Waals surface area (Å²) in [6, 6.07) is 3.58. The minimum absolute atomic E-state index is 0.196. The van der Waals surface area contributed by atoms with Crippen molar-refractivity contribution < 1.29 is 4.74 Å². The van der Waals surface area contributed by atoms with Gasteiger partial charge in [0.1, 0.15) is 0 Å². The van der Waals surface area contributed by atoms with Crippen LogP contribution in [-0.4, -0.2) is 13.2 Å². The van der Waals surface area contributed by atoms with Crippen LogP contribution in [0.3, 0.4) is 0 Å². The monoisotopic (exact) mass is 250 g/mol. The summed E-state index contributed by atoms with van der Waals surface area (Å²) in [6.07, 6.45) is 0.776. The zero-order chi connectivity index (χ0) is 10.1. The first-order valence-electron chi connectivity index (χ1n) is 4.38. The summed E-state index contributed by atoms with van der Waals surface area (Å²) in [7, 11) is 0. The van der Waals surface area contributed by atoms with Gasteiger partial charge in [-0.05, 0) is 29.7 Å². The number of rotatable bonds is 0. The normalized spacial score (nSPS) is 21.5. The van der Waals surface area contributed by atoms with Crippen LogP contribution in [0.25, 0.3) is 0 Å². The van der Waals surface area contributed by atoms with Crippen molar-refractivity contribution in [1.82, 2.24) is 0 Å². The average Bonchev–Trinajstić information content (AvgIpc) is 2.35. The molecule has 0 aliphatic carbocycles. The molecule has 0 spiro atoms. The Labute approximate surface area is 97.9 Å². The van der Waals surface area contributed by atoms with E-state index in [9.17, 15) is 0 Å². The summed E-state index contributed by atoms with van der Waals surface area (Å²) in [5, 5.41) is 1.20. The van der Waals surface area contributed by atoms with Gasteiger partial charge in [0, 0.05) is 10.0 Å². The van der Waals surface area contributed by atoms with Crippen LogP contribution in [0.4, 0.5) is 0 Å². The molecule has 1 unspecified atom stereocenters. The number of alkyl halides is 1. The van der Waals surface area contributed by atoms with Gasteiger partial charge in [0.25, 0.3) is 0 Å². The third kappa shape index (κ3) is 1.87. The first kappa shape index (κ1) is 10.6. The molecule has 1 heterocycles. The zero-order valence-corrected chi connectivity index (χ0v) is 9.66. The number of halogens is 3. The molecular weight excluding hydrogens is 242 g/mol. The Kier molecular flexibility index (Phi) is 3.23. The lowest BCUT2D eigenvalue weighted by Crippen LogP contribution is -1.99. The topological polar surface area (TPSA) is 9.23 Å². The second kappa shape index (κ2) is 4.28. The fraction of sp³-hybridized carbons (Fsp3) is 0.400. The van der Waals surface area contributed by atoms with Crippen LogP contribution in [0.15, 0.2) is 12.1 Å². The van der Waals surface area contributed by atoms with Gasteiger partial charge in [0.15, 0.2) is 0 Å². The molecule has 0 radical (unpaired) electrons. The first-order valence-corrected chi connectivity index (χ1v) is 5.58. The van der Waals surface area contributed by atoms with Crippen molar-refractivity contribution in [2.75, 3.05) is 13.2 Å². The molecule has 1 aliphatic rings. The lowest BCUT2D eigenvalue weighted by Gasteiger charge is -2.12. The van der Waals surface area contributed by atoms with Crippen molar-refractivity contribution in [3.8, 4) is 0 Å². The van der Waals surface area contributed by atoms with Crippen molar-refractivity contribution in [2.45, 2.75) is 11.8 Å². The van der Waals surface area contributed by atoms with Gasteiger partial charge < -0.3 is 4.74 Å². The molecule has 0 saturated heterocycles. The van der Waals surface area contributed by atoms with Gasteiger partial charge in [-0.25, -0.2) is 0 Å². The van der Waals surface area contributed by atoms with Crippen LogP contribution in [0.1, 0.15) is 16.5 Å². The highest BCUT2D eigenvalue weighted by atomic mass is 35.5. The van der Waals surface area contributed by atoms with Crippen LogP contribution >= 0.6 is 34.8 Å². The van der Waals surface area contributed by atoms with Crippen LogP contribution in [0.2, 0.25) is 10.0 Å². The van der Waals surface area contributed by atoms with Crippen LogP contribution < -0.4 is 0 Å². The number of ether oxygens (including phenoxy) is 1. The predicted octanol–water partition coefficient (Wildman–Crippen LogP) is 3.85. The van der Waals surface area contributed by atoms with Gasteiger partial charge in [-0.15, -0.1) is 11.6 Å². The van der Waals surface area contributed by atoms with E-state index >= 15 is 0 Å². The third-order valence-electron chi connectivity index (χ3n) is 2.32. The molecule has 1 aromatic rings. The summed E-state index contributed by atoms with van der Waals surface area (Å²) in [5.41, 5.74) is 1.95. The maximum atomic E-state index is 6.16. The minimum atomic E-state index is -0.196. The van der Waals surface area contributed by atoms with Crippen molar-refractivity contribution in [2.24, 2.45) is 0 Å². The number of hydrogen-bond acceptors (Lipinski definition) is 1. The zero-order valence-electron chi connectivity index (χ0n) is 7.40. The average molecular weight is 252 g/mol. The maximum Gasteiger partial charge on any atom is 0.0836 e. The Hall–Kier alpha value is 0.0500. The summed E-state index contributed by atoms with van der Waals surface area (Å²) < 4.78 is 5.35. The molecule has 0 saturated carbocycles. The van der Waals surface area contributed by atoms with Gasteiger partial charge in [0.05, 0.1) is 18.6 Å². The second-order valence-electron chi connectivity index (χ2n) is 3.21. The maximum absolute atomic E-state index is 6.16. The van der Waals surface area contributed by atoms with Gasteiger partial charge in [-0.3, -0.25) is 0 Å². The Morgan fingerprint density at radius 2 is 1.93 bits per heavy atom. The van der Waals surface area contributed by atoms with Crippen molar-refractivity contribution in [3.63, 3.8) is 0 Å². The lowest BCUT2D eigenvalue weighted by atomic mass is 10.0. The molecule has 0 bridgehead atoms. The molecule has 14 heavy (non-hydrogen) atoms. The number of hydrogen-bond donors (Lipinski definition) is 0. The SMILES string of the molecule is Clc1ccc(Cl)c2c1CCOCC2Cl. The van der Waals surface area contributed by atoms with E-state index in [2.05, 4.69) is 0 Å². The molecule has 2 rings (SSSR count). The number of benzene rings is 1. The molecule has 1 atom stereocenters. The molecule has 76 valence electrons. The summed E-state index contributed by atoms with van der Waals surface area (Å²) in [5.74, 6) is 0. The molecule has 4 heteroatoms. The predicted molar refractivity (Wildman–Crippen MR) is 59.6 cm³/mol. The molecule has 1 nitrogen and oxygen atoms in total. The van der Waals surface area contributed by atoms with E-state index < -0.39 is 0 Å². The van der Waals surface area contributed by atoms with Crippen LogP contribution in [0, 0.1) is 0 Å². The van der Waals surface area contributed by atoms with E-state index in [0.29, 0.717) is 18.2 Å². The molecule has 0 aromatic heterocycles. The Bertz CT molecular complexity index is 351. The summed E-state index contributed by atoms with van der Waals surface area (Å²) in [4.78, 5) is 0. The van der Waals surface area contributed by atoms with E-state index in [1.54, 1.807) is 12.1 Å². The van der Waals surface area contributed by atoms with E-state index in [4.69, 9.17) is 39.5 Å². The van der Waals surface area contributed by atoms with Crippen molar-refractivity contribution >= 4 is 34.8 Å². The highest BCUT2D eigenvalue weighted by Crippen LogP contribution is 2.36. The summed E-state index contributed by atoms with van der Waals surface area (Å²) >= 11 is 18.3. The lowest BCUT2D eigenvalue weighted by molar-refractivity contribution is 0.143. The molecular formula is C10H9Cl3O. The van der Waals surface area contributed by atoms with E-state index in [1.165, 1.54) is 0 Å². The highest BCUT2D eigenvalue weighted by Gasteiger charge is 2.21. The molecule has 1 aliphatic heterocycles. The molecule has 1 aromatic carbocycles. The highest BCUT2D eigenvalue weighted by molar-refractivity contribution is 6.35. The van der Waals surface area contributed by atoms with Crippen LogP contribution in [0.5, 0.6) is 0 Å². The third-order valence-corrected chi connectivity index (χ3v) is 3.35. The van der Waals surface area contributed by atoms with Gasteiger partial charge in [-0.2, -0.15) is 0 Å². The summed E-state index contributed by atoms with van der Waals surface area (Å²) in [6.45, 7) is 1.14. The van der Waals surface area contributed by atoms with Crippen molar-refractivity contribution in [1.29, 1.82) is 0 Å². The van der Waals surface area contributed by atoms with Crippen molar-refractivity contribution in [3.05, 3.63) is 33.3 Å². The van der Waals surface area contributed by atoms with Crippen LogP contribution in [-0.2, 0) is 11.2 Å². The largest absolute Gasteiger partial charge is 0.379 e. The number of fused-ring (bicyclic) bond motifs is 1. The van der Waals surface area contributed by atoms with E-state index in [1.807, 2.05) is 0 Å². The van der Waals surface area contributed by atoms with E-state index in [0.717, 1.165) is 22.6 Å². The van der Waals surface area contributed by atoms with Gasteiger partial charge >= 0.3 is 0 Å². The van der Waals surface area contributed by atoms with Gasteiger partial charge in [0.2, 0.25) is 0 Å². The Balaban J connectivity index is 2.57. The second-order valence-corrected chi connectivity index (χ2v) is 4.56. The fourth-order valence-corrected chi connectivity index (χ4v) is 2.61. The quantitative estimate of drug-likeness (QED) is 0.637. The Morgan fingerprint density at radius 1 is 1.21 bits per heavy atom. The standard InChI is InChI=1S/C10H9Cl3O/c11-7-1-2-8(12)10-6(7)3-4-14-5-9(10)13/h1-2,9H,3-5H2. The molecule has 0 amide bonds. The Morgan fingerprint density at radius 3 is 2.71 bits per heavy atom. The molecule has 0 N–H and O–H groups in total. The van der Waals surface area contributed by atoms with E-state index in [-0.39, 0.29) is 5.38 Å². The molecule has 0 fully saturated rings. The smallest absolute Gasteiger partial charge is 0.0836 e. The first-order chi connectivity index (χ1) is 6.70. The minimum Gasteiger partial charge on any atom is -0.379 e.